The van der Waals surface area contributed by atoms with E-state index in [-0.39, 0.29) is 17.7 Å². The van der Waals surface area contributed by atoms with E-state index in [1.165, 1.54) is 13.8 Å². The van der Waals surface area contributed by atoms with Crippen LogP contribution in [-0.2, 0) is 16.1 Å². The van der Waals surface area contributed by atoms with Gasteiger partial charge < -0.3 is 15.5 Å². The van der Waals surface area contributed by atoms with Gasteiger partial charge in [-0.05, 0) is 29.6 Å². The highest BCUT2D eigenvalue weighted by molar-refractivity contribution is 7.09. The third-order valence-electron chi connectivity index (χ3n) is 3.14. The molecule has 0 spiro atoms. The molecule has 2 N–H and O–H groups in total. The van der Waals surface area contributed by atoms with E-state index < -0.39 is 0 Å². The number of amides is 3. The predicted molar refractivity (Wildman–Crippen MR) is 95.2 cm³/mol. The van der Waals surface area contributed by atoms with Crippen LogP contribution >= 0.6 is 11.3 Å². The minimum atomic E-state index is -0.250. The maximum absolute atomic E-state index is 12.7. The van der Waals surface area contributed by atoms with Gasteiger partial charge in [0.25, 0.3) is 5.91 Å². The Morgan fingerprint density at radius 1 is 1.04 bits per heavy atom. The summed E-state index contributed by atoms with van der Waals surface area (Å²) in [4.78, 5) is 37.9. The zero-order valence-electron chi connectivity index (χ0n) is 13.8. The van der Waals surface area contributed by atoms with E-state index in [1.54, 1.807) is 41.5 Å². The molecule has 2 aromatic rings. The minimum Gasteiger partial charge on any atom is -0.337 e. The van der Waals surface area contributed by atoms with Crippen molar-refractivity contribution in [3.05, 3.63) is 46.2 Å². The van der Waals surface area contributed by atoms with E-state index in [2.05, 4.69) is 10.6 Å². The Balaban J connectivity index is 2.26. The Morgan fingerprint density at radius 3 is 2.08 bits per heavy atom. The number of nitrogens with one attached hydrogen (secondary N) is 2. The van der Waals surface area contributed by atoms with Crippen molar-refractivity contribution in [2.24, 2.45) is 0 Å². The standard InChI is InChI=1S/C17H19N3O3S/c1-11(21)18-14-7-13(8-15(9-14)19-12(2)22)17(23)20(3)10-16-5-4-6-24-16/h4-9H,10H2,1-3H3,(H,18,21)(H,19,22). The van der Waals surface area contributed by atoms with E-state index in [0.29, 0.717) is 23.5 Å². The fraction of sp³-hybridized carbons (Fsp3) is 0.235. The molecule has 0 unspecified atom stereocenters. The van der Waals surface area contributed by atoms with Crippen LogP contribution in [0.25, 0.3) is 0 Å². The van der Waals surface area contributed by atoms with Crippen LogP contribution in [0.2, 0.25) is 0 Å². The molecule has 7 heteroatoms. The summed E-state index contributed by atoms with van der Waals surface area (Å²) in [7, 11) is 1.71. The lowest BCUT2D eigenvalue weighted by Gasteiger charge is -2.18. The molecule has 0 saturated heterocycles. The zero-order valence-corrected chi connectivity index (χ0v) is 14.6. The second-order valence-corrected chi connectivity index (χ2v) is 6.43. The monoisotopic (exact) mass is 345 g/mol. The third-order valence-corrected chi connectivity index (χ3v) is 4.00. The number of rotatable bonds is 5. The first-order valence-electron chi connectivity index (χ1n) is 7.33. The Hall–Kier alpha value is -2.67. The molecule has 0 saturated carbocycles. The molecule has 0 atom stereocenters. The topological polar surface area (TPSA) is 78.5 Å². The zero-order chi connectivity index (χ0) is 17.7. The average Bonchev–Trinajstić information content (AvgIpc) is 2.97. The molecule has 0 bridgehead atoms. The van der Waals surface area contributed by atoms with Gasteiger partial charge in [0.15, 0.2) is 0 Å². The lowest BCUT2D eigenvalue weighted by atomic mass is 10.1. The number of hydrogen-bond donors (Lipinski definition) is 2. The van der Waals surface area contributed by atoms with Crippen LogP contribution in [0.4, 0.5) is 11.4 Å². The third kappa shape index (κ3) is 4.92. The Bertz CT molecular complexity index is 722. The smallest absolute Gasteiger partial charge is 0.254 e. The van der Waals surface area contributed by atoms with Crippen molar-refractivity contribution in [2.45, 2.75) is 20.4 Å². The second-order valence-electron chi connectivity index (χ2n) is 5.40. The quantitative estimate of drug-likeness (QED) is 0.874. The van der Waals surface area contributed by atoms with Gasteiger partial charge in [-0.1, -0.05) is 6.07 Å². The summed E-state index contributed by atoms with van der Waals surface area (Å²) in [6.45, 7) is 3.27. The molecule has 0 aliphatic heterocycles. The fourth-order valence-corrected chi connectivity index (χ4v) is 2.99. The highest BCUT2D eigenvalue weighted by atomic mass is 32.1. The number of nitrogens with zero attached hydrogens (tertiary/aromatic N) is 1. The number of benzene rings is 1. The summed E-state index contributed by atoms with van der Waals surface area (Å²) in [6, 6.07) is 8.70. The molecular formula is C17H19N3O3S. The summed E-state index contributed by atoms with van der Waals surface area (Å²) >= 11 is 1.58. The molecule has 0 radical (unpaired) electrons. The lowest BCUT2D eigenvalue weighted by Crippen LogP contribution is -2.26. The first-order valence-corrected chi connectivity index (χ1v) is 8.21. The maximum atomic E-state index is 12.7. The van der Waals surface area contributed by atoms with Crippen LogP contribution in [0.3, 0.4) is 0 Å². The van der Waals surface area contributed by atoms with Crippen molar-refractivity contribution in [2.75, 3.05) is 17.7 Å². The van der Waals surface area contributed by atoms with Gasteiger partial charge in [0.2, 0.25) is 11.8 Å². The van der Waals surface area contributed by atoms with Crippen LogP contribution in [0, 0.1) is 0 Å². The highest BCUT2D eigenvalue weighted by Gasteiger charge is 2.15. The normalized spacial score (nSPS) is 10.1. The molecule has 6 nitrogen and oxygen atoms in total. The van der Waals surface area contributed by atoms with Crippen molar-refractivity contribution >= 4 is 40.4 Å². The van der Waals surface area contributed by atoms with Gasteiger partial charge in [0.1, 0.15) is 0 Å². The van der Waals surface area contributed by atoms with E-state index in [0.717, 1.165) is 4.88 Å². The Morgan fingerprint density at radius 2 is 1.62 bits per heavy atom. The van der Waals surface area contributed by atoms with Crippen LogP contribution < -0.4 is 10.6 Å². The molecule has 1 aromatic carbocycles. The molecule has 126 valence electrons. The molecule has 0 aliphatic rings. The molecule has 2 rings (SSSR count). The van der Waals surface area contributed by atoms with Crippen LogP contribution in [0.15, 0.2) is 35.7 Å². The van der Waals surface area contributed by atoms with Gasteiger partial charge in [0, 0.05) is 42.7 Å². The van der Waals surface area contributed by atoms with Crippen LogP contribution in [0.1, 0.15) is 29.1 Å². The van der Waals surface area contributed by atoms with E-state index in [4.69, 9.17) is 0 Å². The number of carbonyl (C=O) groups excluding carboxylic acids is 3. The van der Waals surface area contributed by atoms with Gasteiger partial charge in [-0.15, -0.1) is 11.3 Å². The summed E-state index contributed by atoms with van der Waals surface area (Å²) in [5.41, 5.74) is 1.31. The molecular weight excluding hydrogens is 326 g/mol. The van der Waals surface area contributed by atoms with Crippen molar-refractivity contribution < 1.29 is 14.4 Å². The number of hydrogen-bond acceptors (Lipinski definition) is 4. The number of anilines is 2. The van der Waals surface area contributed by atoms with Crippen molar-refractivity contribution in [1.82, 2.24) is 4.90 Å². The van der Waals surface area contributed by atoms with Gasteiger partial charge in [0.05, 0.1) is 6.54 Å². The SMILES string of the molecule is CC(=O)Nc1cc(NC(C)=O)cc(C(=O)N(C)Cc2cccs2)c1. The van der Waals surface area contributed by atoms with Crippen LogP contribution in [0.5, 0.6) is 0 Å². The lowest BCUT2D eigenvalue weighted by molar-refractivity contribution is -0.115. The number of thiophene rings is 1. The summed E-state index contributed by atoms with van der Waals surface area (Å²) in [5.74, 6) is -0.692. The first-order chi connectivity index (χ1) is 11.3. The van der Waals surface area contributed by atoms with E-state index in [9.17, 15) is 14.4 Å². The van der Waals surface area contributed by atoms with E-state index in [1.807, 2.05) is 17.5 Å². The summed E-state index contributed by atoms with van der Waals surface area (Å²) in [5, 5.41) is 7.24. The molecule has 1 aromatic heterocycles. The largest absolute Gasteiger partial charge is 0.337 e. The van der Waals surface area contributed by atoms with Gasteiger partial charge >= 0.3 is 0 Å². The van der Waals surface area contributed by atoms with Crippen molar-refractivity contribution in [3.8, 4) is 0 Å². The molecule has 24 heavy (non-hydrogen) atoms. The highest BCUT2D eigenvalue weighted by Crippen LogP contribution is 2.21. The van der Waals surface area contributed by atoms with Crippen LogP contribution in [-0.4, -0.2) is 29.7 Å². The fourth-order valence-electron chi connectivity index (χ4n) is 2.23. The van der Waals surface area contributed by atoms with Gasteiger partial charge in [-0.3, -0.25) is 14.4 Å². The molecule has 3 amide bonds. The summed E-state index contributed by atoms with van der Waals surface area (Å²) < 4.78 is 0. The molecule has 0 fully saturated rings. The average molecular weight is 345 g/mol. The molecule has 1 heterocycles. The minimum absolute atomic E-state index is 0.192. The summed E-state index contributed by atoms with van der Waals surface area (Å²) in [6.07, 6.45) is 0. The first kappa shape index (κ1) is 17.7. The van der Waals surface area contributed by atoms with E-state index >= 15 is 0 Å². The Kier molecular flexibility index (Phi) is 5.70. The number of carbonyl (C=O) groups is 3. The maximum Gasteiger partial charge on any atom is 0.254 e. The van der Waals surface area contributed by atoms with Crippen molar-refractivity contribution in [3.63, 3.8) is 0 Å². The Labute approximate surface area is 144 Å². The molecule has 0 aliphatic carbocycles. The van der Waals surface area contributed by atoms with Gasteiger partial charge in [-0.2, -0.15) is 0 Å². The predicted octanol–water partition coefficient (Wildman–Crippen LogP) is 2.94. The second kappa shape index (κ2) is 7.74. The van der Waals surface area contributed by atoms with Gasteiger partial charge in [-0.25, -0.2) is 0 Å². The van der Waals surface area contributed by atoms with Crippen molar-refractivity contribution in [1.29, 1.82) is 0 Å².